The van der Waals surface area contributed by atoms with Crippen LogP contribution in [0.15, 0.2) is 48.5 Å². The third kappa shape index (κ3) is 2.29. The molecule has 0 radical (unpaired) electrons. The van der Waals surface area contributed by atoms with Gasteiger partial charge in [0.05, 0.1) is 5.56 Å². The van der Waals surface area contributed by atoms with E-state index in [1.807, 2.05) is 31.2 Å². The van der Waals surface area contributed by atoms with Crippen molar-refractivity contribution in [2.24, 2.45) is 0 Å². The number of benzene rings is 2. The number of halogens is 3. The van der Waals surface area contributed by atoms with Crippen molar-refractivity contribution in [3.63, 3.8) is 0 Å². The van der Waals surface area contributed by atoms with Gasteiger partial charge in [-0.25, -0.2) is 0 Å². The molecule has 0 bridgehead atoms. The van der Waals surface area contributed by atoms with Crippen LogP contribution in [0.1, 0.15) is 11.1 Å². The Labute approximate surface area is 114 Å². The first-order valence-electron chi connectivity index (χ1n) is 6.20. The highest BCUT2D eigenvalue weighted by Gasteiger charge is 2.30. The molecule has 0 unspecified atom stereocenters. The summed E-state index contributed by atoms with van der Waals surface area (Å²) >= 11 is 0. The zero-order chi connectivity index (χ0) is 14.3. The summed E-state index contributed by atoms with van der Waals surface area (Å²) in [6, 6.07) is 13.1. The highest BCUT2D eigenvalue weighted by Crippen LogP contribution is 2.32. The molecule has 3 rings (SSSR count). The van der Waals surface area contributed by atoms with Crippen LogP contribution in [-0.4, -0.2) is 4.98 Å². The fourth-order valence-electron chi connectivity index (χ4n) is 2.27. The summed E-state index contributed by atoms with van der Waals surface area (Å²) in [4.78, 5) is 3.15. The Morgan fingerprint density at radius 2 is 1.75 bits per heavy atom. The van der Waals surface area contributed by atoms with Crippen molar-refractivity contribution in [1.82, 2.24) is 4.98 Å². The van der Waals surface area contributed by atoms with Crippen LogP contribution in [0.3, 0.4) is 0 Å². The van der Waals surface area contributed by atoms with Gasteiger partial charge >= 0.3 is 6.18 Å². The second kappa shape index (κ2) is 4.40. The van der Waals surface area contributed by atoms with Gasteiger partial charge in [-0.05, 0) is 42.8 Å². The van der Waals surface area contributed by atoms with Gasteiger partial charge in [0.2, 0.25) is 0 Å². The third-order valence-corrected chi connectivity index (χ3v) is 3.28. The quantitative estimate of drug-likeness (QED) is 0.631. The molecule has 1 N–H and O–H groups in total. The maximum atomic E-state index is 12.7. The van der Waals surface area contributed by atoms with Gasteiger partial charge in [0.15, 0.2) is 0 Å². The minimum absolute atomic E-state index is 0.536. The van der Waals surface area contributed by atoms with Gasteiger partial charge in [-0.1, -0.05) is 23.8 Å². The molecule has 0 fully saturated rings. The molecule has 102 valence electrons. The van der Waals surface area contributed by atoms with Gasteiger partial charge in [-0.3, -0.25) is 0 Å². The molecule has 1 aromatic heterocycles. The van der Waals surface area contributed by atoms with Crippen LogP contribution < -0.4 is 0 Å². The van der Waals surface area contributed by atoms with Crippen LogP contribution in [0, 0.1) is 6.92 Å². The highest BCUT2D eigenvalue weighted by molar-refractivity contribution is 5.86. The molecular weight excluding hydrogens is 263 g/mol. The first-order valence-corrected chi connectivity index (χ1v) is 6.20. The van der Waals surface area contributed by atoms with E-state index < -0.39 is 11.7 Å². The lowest BCUT2D eigenvalue weighted by Crippen LogP contribution is -2.04. The number of hydrogen-bond donors (Lipinski definition) is 1. The summed E-state index contributed by atoms with van der Waals surface area (Å²) in [6.07, 6.45) is -4.32. The van der Waals surface area contributed by atoms with Crippen LogP contribution in [0.5, 0.6) is 0 Å². The number of aromatic amines is 1. The number of fused-ring (bicyclic) bond motifs is 1. The van der Waals surface area contributed by atoms with Crippen molar-refractivity contribution in [2.75, 3.05) is 0 Å². The van der Waals surface area contributed by atoms with Crippen LogP contribution in [0.4, 0.5) is 13.2 Å². The molecule has 1 nitrogen and oxygen atoms in total. The summed E-state index contributed by atoms with van der Waals surface area (Å²) < 4.78 is 38.2. The monoisotopic (exact) mass is 275 g/mol. The summed E-state index contributed by atoms with van der Waals surface area (Å²) in [7, 11) is 0. The minimum Gasteiger partial charge on any atom is -0.355 e. The van der Waals surface area contributed by atoms with Crippen molar-refractivity contribution >= 4 is 10.9 Å². The van der Waals surface area contributed by atoms with Crippen molar-refractivity contribution in [2.45, 2.75) is 13.1 Å². The van der Waals surface area contributed by atoms with Crippen LogP contribution in [0.2, 0.25) is 0 Å². The predicted molar refractivity (Wildman–Crippen MR) is 73.5 cm³/mol. The average molecular weight is 275 g/mol. The fourth-order valence-corrected chi connectivity index (χ4v) is 2.27. The SMILES string of the molecule is Cc1ccc2[nH]c(-c3cccc(C(F)(F)F)c3)cc2c1. The summed E-state index contributed by atoms with van der Waals surface area (Å²) in [5, 5.41) is 0.998. The second-order valence-corrected chi connectivity index (χ2v) is 4.85. The molecule has 4 heteroatoms. The standard InChI is InChI=1S/C16H12F3N/c1-10-5-6-14-12(7-10)9-15(20-14)11-3-2-4-13(8-11)16(17,18)19/h2-9,20H,1H3. The Bertz CT molecular complexity index is 769. The smallest absolute Gasteiger partial charge is 0.355 e. The average Bonchev–Trinajstić information content (AvgIpc) is 2.81. The minimum atomic E-state index is -4.32. The van der Waals surface area contributed by atoms with Crippen molar-refractivity contribution in [1.29, 1.82) is 0 Å². The first-order chi connectivity index (χ1) is 9.43. The molecule has 20 heavy (non-hydrogen) atoms. The molecule has 2 aromatic carbocycles. The van der Waals surface area contributed by atoms with Crippen LogP contribution >= 0.6 is 0 Å². The summed E-state index contributed by atoms with van der Waals surface area (Å²) in [5.74, 6) is 0. The molecule has 0 spiro atoms. The Kier molecular flexibility index (Phi) is 2.82. The number of aromatic nitrogens is 1. The topological polar surface area (TPSA) is 15.8 Å². The zero-order valence-electron chi connectivity index (χ0n) is 10.8. The van der Waals surface area contributed by atoms with Crippen LogP contribution in [-0.2, 0) is 6.18 Å². The normalized spacial score (nSPS) is 12.0. The van der Waals surface area contributed by atoms with E-state index >= 15 is 0 Å². The molecule has 3 aromatic rings. The van der Waals surface area contributed by atoms with E-state index in [9.17, 15) is 13.2 Å². The van der Waals surface area contributed by atoms with Gasteiger partial charge in [0.1, 0.15) is 0 Å². The van der Waals surface area contributed by atoms with E-state index in [-0.39, 0.29) is 0 Å². The van der Waals surface area contributed by atoms with E-state index in [2.05, 4.69) is 4.98 Å². The highest BCUT2D eigenvalue weighted by atomic mass is 19.4. The predicted octanol–water partition coefficient (Wildman–Crippen LogP) is 5.16. The van der Waals surface area contributed by atoms with Gasteiger partial charge < -0.3 is 4.98 Å². The number of aryl methyl sites for hydroxylation is 1. The van der Waals surface area contributed by atoms with Crippen molar-refractivity contribution in [3.8, 4) is 11.3 Å². The molecule has 0 saturated carbocycles. The Hall–Kier alpha value is -2.23. The van der Waals surface area contributed by atoms with E-state index in [1.54, 1.807) is 6.07 Å². The maximum Gasteiger partial charge on any atom is 0.416 e. The Balaban J connectivity index is 2.11. The van der Waals surface area contributed by atoms with Gasteiger partial charge in [-0.2, -0.15) is 13.2 Å². The molecule has 0 amide bonds. The van der Waals surface area contributed by atoms with E-state index in [4.69, 9.17) is 0 Å². The molecule has 0 aliphatic rings. The molecule has 0 atom stereocenters. The van der Waals surface area contributed by atoms with Crippen molar-refractivity contribution < 1.29 is 13.2 Å². The number of nitrogens with one attached hydrogen (secondary N) is 1. The molecule has 0 aliphatic heterocycles. The third-order valence-electron chi connectivity index (χ3n) is 3.28. The van der Waals surface area contributed by atoms with Gasteiger partial charge in [-0.15, -0.1) is 0 Å². The van der Waals surface area contributed by atoms with E-state index in [0.717, 1.165) is 28.6 Å². The molecule has 0 saturated heterocycles. The number of H-pyrrole nitrogens is 1. The second-order valence-electron chi connectivity index (χ2n) is 4.85. The lowest BCUT2D eigenvalue weighted by atomic mass is 10.1. The largest absolute Gasteiger partial charge is 0.416 e. The molecule has 0 aliphatic carbocycles. The van der Waals surface area contributed by atoms with Crippen LogP contribution in [0.25, 0.3) is 22.2 Å². The molecular formula is C16H12F3N. The van der Waals surface area contributed by atoms with E-state index in [1.165, 1.54) is 6.07 Å². The Morgan fingerprint density at radius 3 is 2.50 bits per heavy atom. The Morgan fingerprint density at radius 1 is 0.950 bits per heavy atom. The number of rotatable bonds is 1. The van der Waals surface area contributed by atoms with Gasteiger partial charge in [0.25, 0.3) is 0 Å². The number of hydrogen-bond acceptors (Lipinski definition) is 0. The first kappa shape index (κ1) is 12.8. The lowest BCUT2D eigenvalue weighted by molar-refractivity contribution is -0.137. The number of alkyl halides is 3. The van der Waals surface area contributed by atoms with Crippen molar-refractivity contribution in [3.05, 3.63) is 59.7 Å². The molecule has 1 heterocycles. The maximum absolute atomic E-state index is 12.7. The summed E-state index contributed by atoms with van der Waals surface area (Å²) in [6.45, 7) is 1.98. The van der Waals surface area contributed by atoms with Gasteiger partial charge in [0, 0.05) is 16.6 Å². The van der Waals surface area contributed by atoms with E-state index in [0.29, 0.717) is 11.3 Å². The fraction of sp³-hybridized carbons (Fsp3) is 0.125. The zero-order valence-corrected chi connectivity index (χ0v) is 10.8. The lowest BCUT2D eigenvalue weighted by Gasteiger charge is -2.07. The summed E-state index contributed by atoms with van der Waals surface area (Å²) in [5.41, 5.74) is 2.63.